The number of hydrogen-bond donors (Lipinski definition) is 3. The molecule has 0 bridgehead atoms. The molecule has 1 unspecified atom stereocenters. The molecule has 2 aromatic carbocycles. The Balaban J connectivity index is 1.94. The molecule has 1 aliphatic heterocycles. The lowest BCUT2D eigenvalue weighted by atomic mass is 9.90. The molecule has 132 valence electrons. The molecule has 7 heteroatoms. The molecule has 1 aromatic heterocycles. The second-order valence-electron chi connectivity index (χ2n) is 6.14. The van der Waals surface area contributed by atoms with Crippen molar-refractivity contribution >= 4 is 0 Å². The molecular formula is C19H16FN3O3. The fourth-order valence-electron chi connectivity index (χ4n) is 3.39. The van der Waals surface area contributed by atoms with Crippen molar-refractivity contribution in [3.63, 3.8) is 0 Å². The zero-order valence-electron chi connectivity index (χ0n) is 13.7. The van der Waals surface area contributed by atoms with Crippen molar-refractivity contribution in [2.45, 2.75) is 12.5 Å². The molecule has 3 aromatic rings. The first-order valence-corrected chi connectivity index (χ1v) is 8.21. The average molecular weight is 353 g/mol. The molecule has 2 heterocycles. The number of nitrogens with one attached hydrogen (secondary N) is 2. The van der Waals surface area contributed by atoms with Crippen LogP contribution in [-0.2, 0) is 6.42 Å². The van der Waals surface area contributed by atoms with Crippen LogP contribution < -0.4 is 16.6 Å². The molecule has 0 saturated carbocycles. The van der Waals surface area contributed by atoms with Crippen LogP contribution in [0.15, 0.2) is 58.1 Å². The van der Waals surface area contributed by atoms with E-state index in [1.54, 1.807) is 0 Å². The summed E-state index contributed by atoms with van der Waals surface area (Å²) in [5.74, 6) is -0.923. The smallest absolute Gasteiger partial charge is 0.335 e. The third-order valence-electron chi connectivity index (χ3n) is 4.60. The summed E-state index contributed by atoms with van der Waals surface area (Å²) in [6.07, 6.45) is 0.808. The summed E-state index contributed by atoms with van der Waals surface area (Å²) >= 11 is 0. The molecule has 4 rings (SSSR count). The highest BCUT2D eigenvalue weighted by molar-refractivity contribution is 5.45. The van der Waals surface area contributed by atoms with Crippen LogP contribution in [0.25, 0.3) is 5.69 Å². The zero-order chi connectivity index (χ0) is 18.3. The topological polar surface area (TPSA) is 87.1 Å². The Bertz CT molecular complexity index is 1090. The number of rotatable bonds is 2. The Hall–Kier alpha value is -3.19. The van der Waals surface area contributed by atoms with Gasteiger partial charge in [0.05, 0.1) is 17.3 Å². The maximum absolute atomic E-state index is 13.2. The van der Waals surface area contributed by atoms with Crippen molar-refractivity contribution in [2.24, 2.45) is 0 Å². The number of halogens is 1. The third kappa shape index (κ3) is 2.62. The van der Waals surface area contributed by atoms with E-state index in [1.807, 2.05) is 24.3 Å². The molecule has 6 nitrogen and oxygen atoms in total. The number of aromatic nitrogens is 2. The second-order valence-corrected chi connectivity index (χ2v) is 6.14. The van der Waals surface area contributed by atoms with Crippen LogP contribution in [-0.4, -0.2) is 21.2 Å². The van der Waals surface area contributed by atoms with E-state index in [4.69, 9.17) is 0 Å². The molecule has 3 N–H and O–H groups in total. The highest BCUT2D eigenvalue weighted by Crippen LogP contribution is 2.31. The summed E-state index contributed by atoms with van der Waals surface area (Å²) in [7, 11) is 0. The highest BCUT2D eigenvalue weighted by Gasteiger charge is 2.28. The quantitative estimate of drug-likeness (QED) is 0.653. The number of nitrogens with zero attached hydrogens (tertiary/aromatic N) is 1. The molecular weight excluding hydrogens is 337 g/mol. The fraction of sp³-hybridized carbons (Fsp3) is 0.158. The Morgan fingerprint density at radius 1 is 1.08 bits per heavy atom. The number of aromatic amines is 1. The van der Waals surface area contributed by atoms with E-state index in [9.17, 15) is 19.1 Å². The summed E-state index contributed by atoms with van der Waals surface area (Å²) in [6, 6.07) is 12.2. The highest BCUT2D eigenvalue weighted by atomic mass is 19.1. The van der Waals surface area contributed by atoms with E-state index < -0.39 is 29.0 Å². The first kappa shape index (κ1) is 16.3. The molecule has 1 aliphatic rings. The van der Waals surface area contributed by atoms with Gasteiger partial charge in [0.15, 0.2) is 0 Å². The standard InChI is InChI=1S/C19H16FN3O3/c20-12-5-7-13(8-6-12)23-18(25)15(17(24)22-19(23)26)16-14-4-2-1-3-11(14)9-10-21-16/h1-8,16,21,25H,9-10H2,(H,22,24,26). The molecule has 26 heavy (non-hydrogen) atoms. The minimum atomic E-state index is -0.785. The molecule has 0 radical (unpaired) electrons. The first-order valence-electron chi connectivity index (χ1n) is 8.21. The van der Waals surface area contributed by atoms with Crippen LogP contribution >= 0.6 is 0 Å². The SMILES string of the molecule is O=c1[nH]c(=O)n(-c2ccc(F)cc2)c(O)c1C1NCCc2ccccc21. The molecule has 0 amide bonds. The van der Waals surface area contributed by atoms with Crippen LogP contribution in [0.5, 0.6) is 5.88 Å². The van der Waals surface area contributed by atoms with Gasteiger partial charge in [-0.25, -0.2) is 13.8 Å². The Morgan fingerprint density at radius 2 is 1.81 bits per heavy atom. The molecule has 0 aliphatic carbocycles. The monoisotopic (exact) mass is 353 g/mol. The van der Waals surface area contributed by atoms with Gasteiger partial charge in [-0.15, -0.1) is 0 Å². The summed E-state index contributed by atoms with van der Waals surface area (Å²) < 4.78 is 14.2. The third-order valence-corrected chi connectivity index (χ3v) is 4.60. The van der Waals surface area contributed by atoms with Crippen LogP contribution in [0.1, 0.15) is 22.7 Å². The van der Waals surface area contributed by atoms with Crippen LogP contribution in [0.3, 0.4) is 0 Å². The van der Waals surface area contributed by atoms with Gasteiger partial charge in [0.1, 0.15) is 5.82 Å². The van der Waals surface area contributed by atoms with E-state index >= 15 is 0 Å². The van der Waals surface area contributed by atoms with Gasteiger partial charge in [-0.3, -0.25) is 9.78 Å². The van der Waals surface area contributed by atoms with Crippen LogP contribution in [0.4, 0.5) is 4.39 Å². The van der Waals surface area contributed by atoms with Gasteiger partial charge in [0.2, 0.25) is 5.88 Å². The molecule has 0 saturated heterocycles. The van der Waals surface area contributed by atoms with Gasteiger partial charge in [0.25, 0.3) is 5.56 Å². The lowest BCUT2D eigenvalue weighted by molar-refractivity contribution is 0.410. The molecule has 0 fully saturated rings. The Labute approximate surface area is 147 Å². The van der Waals surface area contributed by atoms with Crippen molar-refractivity contribution in [3.05, 3.63) is 91.9 Å². The maximum atomic E-state index is 13.2. The van der Waals surface area contributed by atoms with Crippen LogP contribution in [0, 0.1) is 5.82 Å². The van der Waals surface area contributed by atoms with Crippen molar-refractivity contribution in [1.29, 1.82) is 0 Å². The lowest BCUT2D eigenvalue weighted by Crippen LogP contribution is -2.38. The molecule has 0 spiro atoms. The summed E-state index contributed by atoms with van der Waals surface area (Å²) in [6.45, 7) is 0.635. The summed E-state index contributed by atoms with van der Waals surface area (Å²) in [5.41, 5.74) is 0.835. The van der Waals surface area contributed by atoms with Gasteiger partial charge in [0, 0.05) is 6.54 Å². The number of H-pyrrole nitrogens is 1. The Morgan fingerprint density at radius 3 is 2.58 bits per heavy atom. The van der Waals surface area contributed by atoms with Crippen molar-refractivity contribution in [2.75, 3.05) is 6.54 Å². The largest absolute Gasteiger partial charge is 0.494 e. The van der Waals surface area contributed by atoms with Crippen molar-refractivity contribution in [1.82, 2.24) is 14.9 Å². The Kier molecular flexibility index (Phi) is 3.93. The fourth-order valence-corrected chi connectivity index (χ4v) is 3.39. The predicted molar refractivity (Wildman–Crippen MR) is 94.3 cm³/mol. The number of hydrogen-bond acceptors (Lipinski definition) is 4. The number of aromatic hydroxyl groups is 1. The van der Waals surface area contributed by atoms with E-state index in [1.165, 1.54) is 24.3 Å². The van der Waals surface area contributed by atoms with Crippen LogP contribution in [0.2, 0.25) is 0 Å². The van der Waals surface area contributed by atoms with Gasteiger partial charge in [-0.2, -0.15) is 0 Å². The van der Waals surface area contributed by atoms with Crippen molar-refractivity contribution in [3.8, 4) is 11.6 Å². The van der Waals surface area contributed by atoms with Crippen molar-refractivity contribution < 1.29 is 9.50 Å². The van der Waals surface area contributed by atoms with E-state index in [2.05, 4.69) is 10.3 Å². The zero-order valence-corrected chi connectivity index (χ0v) is 13.7. The molecule has 1 atom stereocenters. The van der Waals surface area contributed by atoms with E-state index in [0.29, 0.717) is 6.54 Å². The first-order chi connectivity index (χ1) is 12.6. The van der Waals surface area contributed by atoms with Gasteiger partial charge in [-0.05, 0) is 41.8 Å². The van der Waals surface area contributed by atoms with Gasteiger partial charge < -0.3 is 10.4 Å². The predicted octanol–water partition coefficient (Wildman–Crippen LogP) is 1.61. The summed E-state index contributed by atoms with van der Waals surface area (Å²) in [5, 5.41) is 14.0. The summed E-state index contributed by atoms with van der Waals surface area (Å²) in [4.78, 5) is 27.0. The lowest BCUT2D eigenvalue weighted by Gasteiger charge is -2.27. The number of fused-ring (bicyclic) bond motifs is 1. The van der Waals surface area contributed by atoms with E-state index in [0.717, 1.165) is 22.1 Å². The average Bonchev–Trinajstić information content (AvgIpc) is 2.63. The van der Waals surface area contributed by atoms with Gasteiger partial charge >= 0.3 is 5.69 Å². The minimum Gasteiger partial charge on any atom is -0.494 e. The maximum Gasteiger partial charge on any atom is 0.335 e. The normalized spacial score (nSPS) is 16.3. The van der Waals surface area contributed by atoms with Gasteiger partial charge in [-0.1, -0.05) is 24.3 Å². The minimum absolute atomic E-state index is 0.0566. The van der Waals surface area contributed by atoms with E-state index in [-0.39, 0.29) is 11.3 Å². The second kappa shape index (κ2) is 6.27. The number of benzene rings is 2.